The standard InChI is InChI=1S/C26H35N3O2.2ClH/c1-21(2)31-25-7-5-4-6-24(25)28(3)17-13-26(30)14-18-29(19-15-26)16-12-22-8-10-23(20-27)11-9-22;;/h4-11,21,30H,12-19H2,1-3H3;2*1H. The zero-order valence-electron chi connectivity index (χ0n) is 19.9. The summed E-state index contributed by atoms with van der Waals surface area (Å²) < 4.78 is 5.95. The van der Waals surface area contributed by atoms with Gasteiger partial charge in [-0.05, 0) is 69.4 Å². The smallest absolute Gasteiger partial charge is 0.142 e. The number of hydrogen-bond donors (Lipinski definition) is 1. The molecule has 2 aromatic carbocycles. The average molecular weight is 495 g/mol. The Bertz CT molecular complexity index is 876. The van der Waals surface area contributed by atoms with Gasteiger partial charge < -0.3 is 19.6 Å². The van der Waals surface area contributed by atoms with Crippen LogP contribution in [0.4, 0.5) is 5.69 Å². The fourth-order valence-corrected chi connectivity index (χ4v) is 4.10. The zero-order valence-corrected chi connectivity index (χ0v) is 21.5. The molecule has 0 atom stereocenters. The summed E-state index contributed by atoms with van der Waals surface area (Å²) >= 11 is 0. The van der Waals surface area contributed by atoms with Crippen LogP contribution in [0.15, 0.2) is 48.5 Å². The van der Waals surface area contributed by atoms with Crippen molar-refractivity contribution in [3.05, 3.63) is 59.7 Å². The predicted molar refractivity (Wildman–Crippen MR) is 140 cm³/mol. The lowest BCUT2D eigenvalue weighted by atomic mass is 9.88. The number of para-hydroxylation sites is 2. The number of likely N-dealkylation sites (tertiary alicyclic amines) is 1. The van der Waals surface area contributed by atoms with Crippen molar-refractivity contribution in [3.63, 3.8) is 0 Å². The normalized spacial score (nSPS) is 15.2. The van der Waals surface area contributed by atoms with Gasteiger partial charge in [-0.3, -0.25) is 0 Å². The summed E-state index contributed by atoms with van der Waals surface area (Å²) in [5.41, 5.74) is 2.42. The molecule has 7 heteroatoms. The van der Waals surface area contributed by atoms with E-state index in [0.29, 0.717) is 5.56 Å². The van der Waals surface area contributed by atoms with Gasteiger partial charge in [0.1, 0.15) is 5.75 Å². The monoisotopic (exact) mass is 493 g/mol. The third kappa shape index (κ3) is 8.72. The van der Waals surface area contributed by atoms with E-state index in [1.807, 2.05) is 56.3 Å². The van der Waals surface area contributed by atoms with Gasteiger partial charge in [-0.2, -0.15) is 5.26 Å². The highest BCUT2D eigenvalue weighted by Gasteiger charge is 2.32. The van der Waals surface area contributed by atoms with Crippen LogP contribution in [0.2, 0.25) is 0 Å². The molecule has 5 nitrogen and oxygen atoms in total. The predicted octanol–water partition coefficient (Wildman–Crippen LogP) is 5.08. The number of piperidine rings is 1. The van der Waals surface area contributed by atoms with Gasteiger partial charge in [0.2, 0.25) is 0 Å². The number of nitriles is 1. The van der Waals surface area contributed by atoms with Crippen LogP contribution in [-0.2, 0) is 6.42 Å². The fourth-order valence-electron chi connectivity index (χ4n) is 4.10. The lowest BCUT2D eigenvalue weighted by Crippen LogP contribution is -2.46. The molecule has 0 amide bonds. The second kappa shape index (κ2) is 13.7. The van der Waals surface area contributed by atoms with Crippen LogP contribution in [0.3, 0.4) is 0 Å². The largest absolute Gasteiger partial charge is 0.489 e. The Kier molecular flexibility index (Phi) is 12.0. The van der Waals surface area contributed by atoms with E-state index in [2.05, 4.69) is 29.0 Å². The fraction of sp³-hybridized carbons (Fsp3) is 0.500. The second-order valence-electron chi connectivity index (χ2n) is 8.93. The van der Waals surface area contributed by atoms with E-state index in [9.17, 15) is 5.11 Å². The number of anilines is 1. The molecule has 1 aliphatic rings. The quantitative estimate of drug-likeness (QED) is 0.527. The van der Waals surface area contributed by atoms with Crippen molar-refractivity contribution in [2.75, 3.05) is 38.1 Å². The van der Waals surface area contributed by atoms with E-state index in [-0.39, 0.29) is 30.9 Å². The van der Waals surface area contributed by atoms with Crippen LogP contribution in [0.1, 0.15) is 44.2 Å². The van der Waals surface area contributed by atoms with Crippen molar-refractivity contribution >= 4 is 30.5 Å². The first-order chi connectivity index (χ1) is 14.9. The van der Waals surface area contributed by atoms with Gasteiger partial charge in [0.05, 0.1) is 29.0 Å². The highest BCUT2D eigenvalue weighted by Crippen LogP contribution is 2.31. The first-order valence-electron chi connectivity index (χ1n) is 11.3. The van der Waals surface area contributed by atoms with Gasteiger partial charge in [0.15, 0.2) is 0 Å². The van der Waals surface area contributed by atoms with Crippen LogP contribution < -0.4 is 9.64 Å². The maximum absolute atomic E-state index is 11.1. The highest BCUT2D eigenvalue weighted by atomic mass is 35.5. The summed E-state index contributed by atoms with van der Waals surface area (Å²) in [6.07, 6.45) is 3.46. The Morgan fingerprint density at radius 1 is 1.09 bits per heavy atom. The Morgan fingerprint density at radius 3 is 2.33 bits per heavy atom. The van der Waals surface area contributed by atoms with Crippen molar-refractivity contribution in [2.45, 2.75) is 51.2 Å². The molecule has 1 saturated heterocycles. The second-order valence-corrected chi connectivity index (χ2v) is 8.93. The number of ether oxygens (including phenoxy) is 1. The van der Waals surface area contributed by atoms with Gasteiger partial charge >= 0.3 is 0 Å². The summed E-state index contributed by atoms with van der Waals surface area (Å²) in [6.45, 7) is 7.69. The molecule has 0 aliphatic carbocycles. The van der Waals surface area contributed by atoms with Crippen LogP contribution in [-0.4, -0.2) is 54.9 Å². The van der Waals surface area contributed by atoms with Crippen LogP contribution in [0, 0.1) is 11.3 Å². The minimum atomic E-state index is -0.604. The molecule has 1 heterocycles. The molecule has 1 N–H and O–H groups in total. The van der Waals surface area contributed by atoms with Crippen LogP contribution >= 0.6 is 24.8 Å². The molecule has 33 heavy (non-hydrogen) atoms. The molecule has 0 unspecified atom stereocenters. The molecule has 2 aromatic rings. The van der Waals surface area contributed by atoms with Crippen molar-refractivity contribution in [1.82, 2.24) is 4.90 Å². The van der Waals surface area contributed by atoms with Crippen molar-refractivity contribution in [1.29, 1.82) is 5.26 Å². The van der Waals surface area contributed by atoms with E-state index >= 15 is 0 Å². The first kappa shape index (κ1) is 29.1. The summed E-state index contributed by atoms with van der Waals surface area (Å²) in [5, 5.41) is 20.0. The molecule has 1 fully saturated rings. The Hall–Kier alpha value is -1.97. The van der Waals surface area contributed by atoms with Gasteiger partial charge in [-0.1, -0.05) is 24.3 Å². The number of halogens is 2. The molecule has 0 spiro atoms. The summed E-state index contributed by atoms with van der Waals surface area (Å²) in [4.78, 5) is 4.62. The minimum absolute atomic E-state index is 0. The number of hydrogen-bond acceptors (Lipinski definition) is 5. The van der Waals surface area contributed by atoms with Gasteiger partial charge in [-0.15, -0.1) is 24.8 Å². The summed E-state index contributed by atoms with van der Waals surface area (Å²) in [5.74, 6) is 0.893. The van der Waals surface area contributed by atoms with Crippen LogP contribution in [0.25, 0.3) is 0 Å². The average Bonchev–Trinajstić information content (AvgIpc) is 2.77. The molecule has 0 saturated carbocycles. The maximum Gasteiger partial charge on any atom is 0.142 e. The number of benzene rings is 2. The highest BCUT2D eigenvalue weighted by molar-refractivity contribution is 5.85. The number of nitrogens with zero attached hydrogens (tertiary/aromatic N) is 3. The molecular weight excluding hydrogens is 457 g/mol. The topological polar surface area (TPSA) is 59.7 Å². The third-order valence-electron chi connectivity index (χ3n) is 6.14. The Labute approximate surface area is 211 Å². The lowest BCUT2D eigenvalue weighted by molar-refractivity contribution is -0.0254. The molecule has 3 rings (SSSR count). The number of aliphatic hydroxyl groups is 1. The van der Waals surface area contributed by atoms with Gasteiger partial charge in [-0.25, -0.2) is 0 Å². The Morgan fingerprint density at radius 2 is 1.73 bits per heavy atom. The molecule has 0 aromatic heterocycles. The van der Waals surface area contributed by atoms with Crippen molar-refractivity contribution in [3.8, 4) is 11.8 Å². The van der Waals surface area contributed by atoms with E-state index in [1.54, 1.807) is 0 Å². The molecule has 182 valence electrons. The van der Waals surface area contributed by atoms with Crippen molar-refractivity contribution in [2.24, 2.45) is 0 Å². The third-order valence-corrected chi connectivity index (χ3v) is 6.14. The molecule has 1 aliphatic heterocycles. The van der Waals surface area contributed by atoms with E-state index < -0.39 is 5.60 Å². The summed E-state index contributed by atoms with van der Waals surface area (Å²) in [7, 11) is 2.07. The van der Waals surface area contributed by atoms with E-state index in [1.165, 1.54) is 5.56 Å². The lowest BCUT2D eigenvalue weighted by Gasteiger charge is -2.39. The van der Waals surface area contributed by atoms with E-state index in [0.717, 1.165) is 63.3 Å². The maximum atomic E-state index is 11.1. The summed E-state index contributed by atoms with van der Waals surface area (Å²) in [6, 6.07) is 18.1. The Balaban J connectivity index is 0.00000272. The van der Waals surface area contributed by atoms with E-state index in [4.69, 9.17) is 10.00 Å². The zero-order chi connectivity index (χ0) is 22.3. The van der Waals surface area contributed by atoms with Crippen molar-refractivity contribution < 1.29 is 9.84 Å². The molecule has 0 bridgehead atoms. The van der Waals surface area contributed by atoms with Gasteiger partial charge in [0, 0.05) is 33.2 Å². The first-order valence-corrected chi connectivity index (χ1v) is 11.3. The van der Waals surface area contributed by atoms with Gasteiger partial charge in [0.25, 0.3) is 0 Å². The minimum Gasteiger partial charge on any atom is -0.489 e. The molecular formula is C26H37Cl2N3O2. The number of rotatable bonds is 9. The molecule has 0 radical (unpaired) electrons. The SMILES string of the molecule is CC(C)Oc1ccccc1N(C)CCC1(O)CCN(CCc2ccc(C#N)cc2)CC1.Cl.Cl. The van der Waals surface area contributed by atoms with Crippen LogP contribution in [0.5, 0.6) is 5.75 Å².